The minimum Gasteiger partial charge on any atom is -0.491 e. The summed E-state index contributed by atoms with van der Waals surface area (Å²) in [6, 6.07) is 5.87. The number of aliphatic hydroxyl groups excluding tert-OH is 1. The monoisotopic (exact) mass is 281 g/mol. The van der Waals surface area contributed by atoms with Crippen molar-refractivity contribution in [2.24, 2.45) is 11.8 Å². The van der Waals surface area contributed by atoms with Crippen LogP contribution in [0.1, 0.15) is 20.3 Å². The van der Waals surface area contributed by atoms with E-state index in [9.17, 15) is 9.50 Å². The van der Waals surface area contributed by atoms with Gasteiger partial charge in [0.15, 0.2) is 0 Å². The van der Waals surface area contributed by atoms with E-state index >= 15 is 0 Å². The van der Waals surface area contributed by atoms with Gasteiger partial charge in [0, 0.05) is 19.6 Å². The Bertz CT molecular complexity index is 399. The second kappa shape index (κ2) is 7.04. The van der Waals surface area contributed by atoms with Crippen LogP contribution in [-0.4, -0.2) is 42.4 Å². The molecule has 4 heteroatoms. The van der Waals surface area contributed by atoms with E-state index in [0.717, 1.165) is 13.1 Å². The number of rotatable bonds is 5. The topological polar surface area (TPSA) is 32.7 Å². The van der Waals surface area contributed by atoms with Gasteiger partial charge >= 0.3 is 0 Å². The average Bonchev–Trinajstić information content (AvgIpc) is 2.37. The molecule has 1 aromatic rings. The molecule has 0 unspecified atom stereocenters. The molecule has 20 heavy (non-hydrogen) atoms. The third-order valence-corrected chi connectivity index (χ3v) is 3.67. The lowest BCUT2D eigenvalue weighted by molar-refractivity contribution is 0.0429. The van der Waals surface area contributed by atoms with Crippen molar-refractivity contribution in [1.82, 2.24) is 4.90 Å². The van der Waals surface area contributed by atoms with Gasteiger partial charge in [-0.15, -0.1) is 0 Å². The maximum Gasteiger partial charge on any atom is 0.123 e. The highest BCUT2D eigenvalue weighted by Crippen LogP contribution is 2.21. The lowest BCUT2D eigenvalue weighted by Crippen LogP contribution is -2.43. The van der Waals surface area contributed by atoms with Gasteiger partial charge in [0.1, 0.15) is 24.3 Å². The summed E-state index contributed by atoms with van der Waals surface area (Å²) < 4.78 is 18.2. The molecular weight excluding hydrogens is 257 g/mol. The van der Waals surface area contributed by atoms with Crippen LogP contribution in [0.4, 0.5) is 4.39 Å². The van der Waals surface area contributed by atoms with Gasteiger partial charge in [-0.1, -0.05) is 13.8 Å². The van der Waals surface area contributed by atoms with Crippen molar-refractivity contribution in [1.29, 1.82) is 0 Å². The highest BCUT2D eigenvalue weighted by Gasteiger charge is 2.23. The van der Waals surface area contributed by atoms with Gasteiger partial charge in [-0.2, -0.15) is 0 Å². The summed E-state index contributed by atoms with van der Waals surface area (Å²) in [5.41, 5.74) is 0. The molecule has 3 atom stereocenters. The summed E-state index contributed by atoms with van der Waals surface area (Å²) in [5.74, 6) is 1.67. The van der Waals surface area contributed by atoms with Gasteiger partial charge in [-0.25, -0.2) is 4.39 Å². The number of piperidine rings is 1. The lowest BCUT2D eigenvalue weighted by Gasteiger charge is -2.35. The fourth-order valence-electron chi connectivity index (χ4n) is 3.02. The number of hydrogen-bond donors (Lipinski definition) is 1. The van der Waals surface area contributed by atoms with Gasteiger partial charge in [-0.3, -0.25) is 0 Å². The molecule has 0 aromatic heterocycles. The predicted octanol–water partition coefficient (Wildman–Crippen LogP) is 2.54. The number of β-amino-alcohol motifs (C(OH)–C–C–N with tert-alkyl or cyclic N) is 1. The normalized spacial score (nSPS) is 25.4. The summed E-state index contributed by atoms with van der Waals surface area (Å²) in [6.45, 7) is 7.46. The molecule has 0 saturated carbocycles. The molecular formula is C16H24FNO2. The molecule has 0 amide bonds. The fraction of sp³-hybridized carbons (Fsp3) is 0.625. The Hall–Kier alpha value is -1.13. The predicted molar refractivity (Wildman–Crippen MR) is 77.3 cm³/mol. The summed E-state index contributed by atoms with van der Waals surface area (Å²) in [7, 11) is 0. The standard InChI is InChI=1S/C16H24FNO2/c1-12-7-13(2)9-18(8-12)10-15(19)11-20-16-5-3-14(17)4-6-16/h3-6,12-13,15,19H,7-11H2,1-2H3/t12-,13-,15+/m1/s1. The quantitative estimate of drug-likeness (QED) is 0.900. The van der Waals surface area contributed by atoms with Crippen molar-refractivity contribution >= 4 is 0 Å². The first-order valence-electron chi connectivity index (χ1n) is 7.31. The molecule has 1 N–H and O–H groups in total. The fourth-order valence-corrected chi connectivity index (χ4v) is 3.02. The van der Waals surface area contributed by atoms with Crippen molar-refractivity contribution in [3.8, 4) is 5.75 Å². The maximum absolute atomic E-state index is 12.8. The summed E-state index contributed by atoms with van der Waals surface area (Å²) >= 11 is 0. The van der Waals surface area contributed by atoms with E-state index in [2.05, 4.69) is 18.7 Å². The molecule has 112 valence electrons. The molecule has 1 saturated heterocycles. The molecule has 0 radical (unpaired) electrons. The molecule has 1 heterocycles. The third kappa shape index (κ3) is 4.76. The van der Waals surface area contributed by atoms with Crippen LogP contribution in [0, 0.1) is 17.7 Å². The van der Waals surface area contributed by atoms with Crippen LogP contribution >= 0.6 is 0 Å². The largest absolute Gasteiger partial charge is 0.491 e. The lowest BCUT2D eigenvalue weighted by atomic mass is 9.92. The van der Waals surface area contributed by atoms with Crippen LogP contribution in [0.3, 0.4) is 0 Å². The Morgan fingerprint density at radius 1 is 1.25 bits per heavy atom. The van der Waals surface area contributed by atoms with Gasteiger partial charge in [-0.05, 0) is 42.5 Å². The van der Waals surface area contributed by atoms with E-state index in [-0.39, 0.29) is 12.4 Å². The first-order valence-corrected chi connectivity index (χ1v) is 7.31. The molecule has 0 spiro atoms. The molecule has 0 aliphatic carbocycles. The summed E-state index contributed by atoms with van der Waals surface area (Å²) in [4.78, 5) is 2.30. The highest BCUT2D eigenvalue weighted by atomic mass is 19.1. The van der Waals surface area contributed by atoms with E-state index in [1.54, 1.807) is 12.1 Å². The molecule has 1 aromatic carbocycles. The molecule has 3 nitrogen and oxygen atoms in total. The van der Waals surface area contributed by atoms with Crippen LogP contribution in [0.2, 0.25) is 0 Å². The second-order valence-corrected chi connectivity index (χ2v) is 6.08. The Morgan fingerprint density at radius 2 is 1.85 bits per heavy atom. The molecule has 1 aliphatic rings. The number of halogens is 1. The van der Waals surface area contributed by atoms with E-state index in [4.69, 9.17) is 4.74 Å². The van der Waals surface area contributed by atoms with Crippen LogP contribution in [-0.2, 0) is 0 Å². The summed E-state index contributed by atoms with van der Waals surface area (Å²) in [6.07, 6.45) is 0.746. The number of ether oxygens (including phenoxy) is 1. The van der Waals surface area contributed by atoms with Crippen LogP contribution < -0.4 is 4.74 Å². The smallest absolute Gasteiger partial charge is 0.123 e. The Balaban J connectivity index is 1.74. The van der Waals surface area contributed by atoms with Crippen molar-refractivity contribution in [2.75, 3.05) is 26.2 Å². The molecule has 2 rings (SSSR count). The average molecular weight is 281 g/mol. The van der Waals surface area contributed by atoms with Crippen LogP contribution in [0.25, 0.3) is 0 Å². The van der Waals surface area contributed by atoms with E-state index in [0.29, 0.717) is 24.1 Å². The zero-order chi connectivity index (χ0) is 14.5. The number of aliphatic hydroxyl groups is 1. The van der Waals surface area contributed by atoms with Crippen LogP contribution in [0.15, 0.2) is 24.3 Å². The zero-order valence-electron chi connectivity index (χ0n) is 12.3. The SMILES string of the molecule is C[C@@H]1C[C@@H](C)CN(C[C@H](O)COc2ccc(F)cc2)C1. The first-order chi connectivity index (χ1) is 9.52. The Morgan fingerprint density at radius 3 is 2.45 bits per heavy atom. The first kappa shape index (κ1) is 15.3. The number of hydrogen-bond acceptors (Lipinski definition) is 3. The highest BCUT2D eigenvalue weighted by molar-refractivity contribution is 5.22. The molecule has 0 bridgehead atoms. The molecule has 1 fully saturated rings. The van der Waals surface area contributed by atoms with Gasteiger partial charge < -0.3 is 14.7 Å². The van der Waals surface area contributed by atoms with Crippen molar-refractivity contribution in [3.05, 3.63) is 30.1 Å². The molecule has 1 aliphatic heterocycles. The van der Waals surface area contributed by atoms with Gasteiger partial charge in [0.05, 0.1) is 0 Å². The zero-order valence-corrected chi connectivity index (χ0v) is 12.3. The van der Waals surface area contributed by atoms with E-state index in [1.165, 1.54) is 18.6 Å². The third-order valence-electron chi connectivity index (χ3n) is 3.67. The maximum atomic E-state index is 12.8. The van der Waals surface area contributed by atoms with E-state index in [1.807, 2.05) is 0 Å². The Labute approximate surface area is 120 Å². The number of nitrogens with zero attached hydrogens (tertiary/aromatic N) is 1. The Kier molecular flexibility index (Phi) is 5.38. The van der Waals surface area contributed by atoms with Gasteiger partial charge in [0.25, 0.3) is 0 Å². The van der Waals surface area contributed by atoms with E-state index < -0.39 is 6.10 Å². The van der Waals surface area contributed by atoms with Gasteiger partial charge in [0.2, 0.25) is 0 Å². The van der Waals surface area contributed by atoms with Crippen molar-refractivity contribution < 1.29 is 14.2 Å². The van der Waals surface area contributed by atoms with Crippen molar-refractivity contribution in [3.63, 3.8) is 0 Å². The number of benzene rings is 1. The second-order valence-electron chi connectivity index (χ2n) is 6.08. The van der Waals surface area contributed by atoms with Crippen molar-refractivity contribution in [2.45, 2.75) is 26.4 Å². The minimum atomic E-state index is -0.516. The minimum absolute atomic E-state index is 0.241. The van der Waals surface area contributed by atoms with Crippen LogP contribution in [0.5, 0.6) is 5.75 Å². The number of likely N-dealkylation sites (tertiary alicyclic amines) is 1. The summed E-state index contributed by atoms with van der Waals surface area (Å²) in [5, 5.41) is 10.0.